The van der Waals surface area contributed by atoms with Gasteiger partial charge in [0.1, 0.15) is 23.0 Å². The molecule has 220 valence electrons. The first-order valence-corrected chi connectivity index (χ1v) is 13.8. The van der Waals surface area contributed by atoms with Gasteiger partial charge in [-0.05, 0) is 52.9 Å². The first kappa shape index (κ1) is 30.1. The summed E-state index contributed by atoms with van der Waals surface area (Å²) in [5.74, 6) is 0.567. The molecule has 1 aromatic heterocycles. The number of carbonyl (C=O) groups is 2. The molecule has 0 spiro atoms. The van der Waals surface area contributed by atoms with Gasteiger partial charge in [-0.15, -0.1) is 0 Å². The van der Waals surface area contributed by atoms with Crippen molar-refractivity contribution >= 4 is 11.9 Å². The SMILES string of the molecule is CCC(=O)Cc1ccc(OC(=O)NCCNCc2ccc(-n3c(-c4cc(C(C)C)c(O)cc4O)n[nH]c3=O)cc2)cc1. The van der Waals surface area contributed by atoms with Gasteiger partial charge in [0.2, 0.25) is 0 Å². The largest absolute Gasteiger partial charge is 0.508 e. The number of hydrogen-bond donors (Lipinski definition) is 5. The predicted octanol–water partition coefficient (Wildman–Crippen LogP) is 4.16. The summed E-state index contributed by atoms with van der Waals surface area (Å²) in [4.78, 5) is 36.2. The molecule has 0 radical (unpaired) electrons. The van der Waals surface area contributed by atoms with Gasteiger partial charge in [-0.25, -0.2) is 19.3 Å². The number of ketones is 1. The van der Waals surface area contributed by atoms with Crippen LogP contribution >= 0.6 is 0 Å². The molecule has 11 heteroatoms. The summed E-state index contributed by atoms with van der Waals surface area (Å²) in [5.41, 5.74) is 2.88. The minimum absolute atomic E-state index is 0.00219. The van der Waals surface area contributed by atoms with Crippen molar-refractivity contribution in [3.8, 4) is 34.3 Å². The molecule has 0 atom stereocenters. The number of aromatic nitrogens is 3. The van der Waals surface area contributed by atoms with E-state index in [1.807, 2.05) is 32.9 Å². The summed E-state index contributed by atoms with van der Waals surface area (Å²) < 4.78 is 6.63. The highest BCUT2D eigenvalue weighted by Crippen LogP contribution is 2.37. The van der Waals surface area contributed by atoms with E-state index in [0.29, 0.717) is 55.0 Å². The van der Waals surface area contributed by atoms with Crippen LogP contribution in [0.4, 0.5) is 4.79 Å². The number of phenols is 2. The lowest BCUT2D eigenvalue weighted by atomic mass is 9.98. The molecule has 0 aliphatic carbocycles. The van der Waals surface area contributed by atoms with Gasteiger partial charge >= 0.3 is 11.8 Å². The molecule has 5 N–H and O–H groups in total. The van der Waals surface area contributed by atoms with Crippen molar-refractivity contribution in [2.24, 2.45) is 0 Å². The standard InChI is InChI=1S/C31H35N5O6/c1-4-23(37)15-20-7-11-24(12-8-20)42-31(41)33-14-13-32-18-21-5-9-22(10-6-21)36-29(34-35-30(36)40)26-16-25(19(2)3)27(38)17-28(26)39/h5-12,16-17,19,32,38-39H,4,13-15,18H2,1-3H3,(H,33,41)(H,35,40). The van der Waals surface area contributed by atoms with Gasteiger partial charge < -0.3 is 25.6 Å². The van der Waals surface area contributed by atoms with Crippen LogP contribution in [0.5, 0.6) is 17.2 Å². The van der Waals surface area contributed by atoms with Crippen LogP contribution in [0.1, 0.15) is 49.8 Å². The molecule has 0 fully saturated rings. The van der Waals surface area contributed by atoms with Crippen molar-refractivity contribution in [3.05, 3.63) is 87.8 Å². The molecule has 0 saturated heterocycles. The number of nitrogens with zero attached hydrogens (tertiary/aromatic N) is 2. The lowest BCUT2D eigenvalue weighted by Crippen LogP contribution is -2.33. The van der Waals surface area contributed by atoms with Gasteiger partial charge in [0, 0.05) is 38.5 Å². The molecule has 4 aromatic rings. The van der Waals surface area contributed by atoms with Crippen molar-refractivity contribution in [2.45, 2.75) is 46.1 Å². The number of hydrogen-bond acceptors (Lipinski definition) is 8. The lowest BCUT2D eigenvalue weighted by Gasteiger charge is -2.13. The topological polar surface area (TPSA) is 159 Å². The van der Waals surface area contributed by atoms with E-state index in [9.17, 15) is 24.6 Å². The number of H-pyrrole nitrogens is 1. The molecule has 42 heavy (non-hydrogen) atoms. The third-order valence-corrected chi connectivity index (χ3v) is 6.70. The van der Waals surface area contributed by atoms with Crippen molar-refractivity contribution in [1.29, 1.82) is 0 Å². The molecule has 11 nitrogen and oxygen atoms in total. The molecular weight excluding hydrogens is 538 g/mol. The number of nitrogens with one attached hydrogen (secondary N) is 3. The van der Waals surface area contributed by atoms with Gasteiger partial charge in [-0.3, -0.25) is 4.79 Å². The second-order valence-electron chi connectivity index (χ2n) is 10.1. The first-order valence-electron chi connectivity index (χ1n) is 13.8. The highest BCUT2D eigenvalue weighted by molar-refractivity contribution is 5.80. The molecule has 0 saturated carbocycles. The van der Waals surface area contributed by atoms with Gasteiger partial charge in [0.25, 0.3) is 0 Å². The van der Waals surface area contributed by atoms with E-state index in [2.05, 4.69) is 20.8 Å². The predicted molar refractivity (Wildman–Crippen MR) is 158 cm³/mol. The summed E-state index contributed by atoms with van der Waals surface area (Å²) in [6.07, 6.45) is 0.283. The Bertz CT molecular complexity index is 1590. The van der Waals surface area contributed by atoms with E-state index in [4.69, 9.17) is 4.74 Å². The lowest BCUT2D eigenvalue weighted by molar-refractivity contribution is -0.118. The quantitative estimate of drug-likeness (QED) is 0.158. The summed E-state index contributed by atoms with van der Waals surface area (Å²) in [6.45, 7) is 7.04. The Morgan fingerprint density at radius 1 is 0.976 bits per heavy atom. The average Bonchev–Trinajstić information content (AvgIpc) is 3.34. The highest BCUT2D eigenvalue weighted by Gasteiger charge is 2.19. The summed E-state index contributed by atoms with van der Waals surface area (Å²) >= 11 is 0. The van der Waals surface area contributed by atoms with Crippen LogP contribution in [0.3, 0.4) is 0 Å². The zero-order chi connectivity index (χ0) is 30.2. The fraction of sp³-hybridized carbons (Fsp3) is 0.290. The number of rotatable bonds is 12. The van der Waals surface area contributed by atoms with E-state index in [-0.39, 0.29) is 29.0 Å². The monoisotopic (exact) mass is 573 g/mol. The summed E-state index contributed by atoms with van der Waals surface area (Å²) in [5, 5.41) is 33.2. The van der Waals surface area contributed by atoms with E-state index in [1.165, 1.54) is 10.6 Å². The van der Waals surface area contributed by atoms with Crippen molar-refractivity contribution in [3.63, 3.8) is 0 Å². The molecular formula is C31H35N5O6. The van der Waals surface area contributed by atoms with Crippen molar-refractivity contribution in [1.82, 2.24) is 25.4 Å². The van der Waals surface area contributed by atoms with E-state index in [0.717, 1.165) is 11.1 Å². The number of phenolic OH excluding ortho intramolecular Hbond substituents is 2. The van der Waals surface area contributed by atoms with Crippen LogP contribution in [0.2, 0.25) is 0 Å². The number of aromatic hydroxyl groups is 2. The zero-order valence-corrected chi connectivity index (χ0v) is 23.8. The van der Waals surface area contributed by atoms with Gasteiger partial charge in [-0.1, -0.05) is 45.0 Å². The normalized spacial score (nSPS) is 11.0. The van der Waals surface area contributed by atoms with Gasteiger partial charge in [-0.2, -0.15) is 5.10 Å². The van der Waals surface area contributed by atoms with E-state index >= 15 is 0 Å². The van der Waals surface area contributed by atoms with Crippen molar-refractivity contribution in [2.75, 3.05) is 13.1 Å². The Balaban J connectivity index is 1.29. The van der Waals surface area contributed by atoms with Gasteiger partial charge in [0.05, 0.1) is 11.3 Å². The Morgan fingerprint density at radius 2 is 1.67 bits per heavy atom. The molecule has 0 aliphatic heterocycles. The minimum Gasteiger partial charge on any atom is -0.508 e. The molecule has 3 aromatic carbocycles. The molecule has 0 aliphatic rings. The Labute approximate surface area is 243 Å². The smallest absolute Gasteiger partial charge is 0.412 e. The van der Waals surface area contributed by atoms with Crippen LogP contribution in [0.25, 0.3) is 17.1 Å². The molecule has 4 rings (SSSR count). The fourth-order valence-electron chi connectivity index (χ4n) is 4.37. The van der Waals surface area contributed by atoms with Crippen LogP contribution < -0.4 is 21.1 Å². The second kappa shape index (κ2) is 13.6. The zero-order valence-electron chi connectivity index (χ0n) is 23.8. The third kappa shape index (κ3) is 7.43. The average molecular weight is 574 g/mol. The maximum absolute atomic E-state index is 12.6. The third-order valence-electron chi connectivity index (χ3n) is 6.70. The highest BCUT2D eigenvalue weighted by atomic mass is 16.6. The number of ether oxygens (including phenoxy) is 1. The summed E-state index contributed by atoms with van der Waals surface area (Å²) in [6, 6.07) is 17.0. The molecule has 0 unspecified atom stereocenters. The number of aromatic amines is 1. The first-order chi connectivity index (χ1) is 20.2. The Hall–Kier alpha value is -4.90. The van der Waals surface area contributed by atoms with E-state index < -0.39 is 11.8 Å². The van der Waals surface area contributed by atoms with Gasteiger partial charge in [0.15, 0.2) is 5.82 Å². The molecule has 0 bridgehead atoms. The fourth-order valence-corrected chi connectivity index (χ4v) is 4.37. The van der Waals surface area contributed by atoms with Crippen LogP contribution in [0, 0.1) is 0 Å². The van der Waals surface area contributed by atoms with Crippen LogP contribution in [-0.4, -0.2) is 49.9 Å². The Morgan fingerprint density at radius 3 is 2.33 bits per heavy atom. The number of benzene rings is 3. The number of amides is 1. The Kier molecular flexibility index (Phi) is 9.77. The molecule has 1 amide bonds. The van der Waals surface area contributed by atoms with E-state index in [1.54, 1.807) is 42.5 Å². The maximum Gasteiger partial charge on any atom is 0.412 e. The second-order valence-corrected chi connectivity index (χ2v) is 10.1. The number of Topliss-reactive ketones (excluding diaryl/α,β-unsaturated/α-hetero) is 1. The van der Waals surface area contributed by atoms with Crippen LogP contribution in [-0.2, 0) is 17.8 Å². The number of carbonyl (C=O) groups excluding carboxylic acids is 2. The minimum atomic E-state index is -0.569. The van der Waals surface area contributed by atoms with Crippen molar-refractivity contribution < 1.29 is 24.5 Å². The maximum atomic E-state index is 12.6. The molecule has 1 heterocycles. The summed E-state index contributed by atoms with van der Waals surface area (Å²) in [7, 11) is 0. The van der Waals surface area contributed by atoms with Crippen LogP contribution in [0.15, 0.2) is 65.5 Å².